The zero-order valence-corrected chi connectivity index (χ0v) is 69.4. The van der Waals surface area contributed by atoms with Crippen molar-refractivity contribution in [3.8, 4) is 0 Å². The highest BCUT2D eigenvalue weighted by Crippen LogP contribution is 2.45. The van der Waals surface area contributed by atoms with Crippen molar-refractivity contribution in [1.29, 1.82) is 0 Å². The van der Waals surface area contributed by atoms with E-state index in [9.17, 15) is 43.2 Å². The first kappa shape index (κ1) is 101. The van der Waals surface area contributed by atoms with E-state index in [1.165, 1.54) is 263 Å². The van der Waals surface area contributed by atoms with Crippen molar-refractivity contribution in [2.75, 3.05) is 39.6 Å². The molecule has 0 bridgehead atoms. The number of hydrogen-bond donors (Lipinski definition) is 3. The third-order valence-corrected chi connectivity index (χ3v) is 21.6. The Labute approximate surface area is 632 Å². The molecule has 0 amide bonds. The Bertz CT molecular complexity index is 1980. The number of hydrogen-bond acceptors (Lipinski definition) is 15. The van der Waals surface area contributed by atoms with Gasteiger partial charge in [-0.05, 0) is 37.5 Å². The topological polar surface area (TPSA) is 237 Å². The predicted octanol–water partition coefficient (Wildman–Crippen LogP) is 25.5. The van der Waals surface area contributed by atoms with Crippen molar-refractivity contribution in [1.82, 2.24) is 0 Å². The number of carbonyl (C=O) groups is 4. The lowest BCUT2D eigenvalue weighted by Gasteiger charge is -2.21. The lowest BCUT2D eigenvalue weighted by Crippen LogP contribution is -2.30. The number of aliphatic hydroxyl groups excluding tert-OH is 1. The minimum atomic E-state index is -4.96. The van der Waals surface area contributed by atoms with Crippen molar-refractivity contribution < 1.29 is 80.2 Å². The van der Waals surface area contributed by atoms with Gasteiger partial charge in [0, 0.05) is 25.7 Å². The molecule has 0 aromatic carbocycles. The third kappa shape index (κ3) is 78.0. The van der Waals surface area contributed by atoms with Gasteiger partial charge < -0.3 is 33.8 Å². The van der Waals surface area contributed by atoms with Crippen molar-refractivity contribution in [3.05, 3.63) is 0 Å². The molecule has 103 heavy (non-hydrogen) atoms. The minimum absolute atomic E-state index is 0.108. The van der Waals surface area contributed by atoms with Crippen LogP contribution in [0.25, 0.3) is 0 Å². The maximum atomic E-state index is 13.1. The SMILES string of the molecule is CCCCCCCCCCCCCCCCC(=O)O[C@H](COC(=O)CCCCCCCCCCC)COP(=O)(O)OC[C@H](O)COP(=O)(O)OC[C@@H](COC(=O)CCCCCCCCCCCCCCCCCCC(C)C)OC(=O)CCCCCCCCCCCCCCCCCCCCC(C)C. The molecule has 0 spiro atoms. The van der Waals surface area contributed by atoms with Crippen LogP contribution < -0.4 is 0 Å². The lowest BCUT2D eigenvalue weighted by atomic mass is 10.0. The zero-order valence-electron chi connectivity index (χ0n) is 67.6. The molecule has 2 unspecified atom stereocenters. The van der Waals surface area contributed by atoms with Crippen LogP contribution in [0.4, 0.5) is 0 Å². The van der Waals surface area contributed by atoms with Crippen LogP contribution in [0, 0.1) is 11.8 Å². The smallest absolute Gasteiger partial charge is 0.462 e. The summed E-state index contributed by atoms with van der Waals surface area (Å²) in [6, 6.07) is 0. The number of aliphatic hydroxyl groups is 1. The molecule has 0 aliphatic carbocycles. The second-order valence-electron chi connectivity index (χ2n) is 31.2. The van der Waals surface area contributed by atoms with Crippen LogP contribution in [-0.2, 0) is 65.4 Å². The Morgan fingerprint density at radius 2 is 0.447 bits per heavy atom. The predicted molar refractivity (Wildman–Crippen MR) is 423 cm³/mol. The molecule has 19 heteroatoms. The van der Waals surface area contributed by atoms with Crippen molar-refractivity contribution in [3.63, 3.8) is 0 Å². The Hall–Kier alpha value is -1.94. The molecule has 5 atom stereocenters. The first-order valence-electron chi connectivity index (χ1n) is 43.5. The molecule has 612 valence electrons. The van der Waals surface area contributed by atoms with E-state index in [4.69, 9.17) is 37.0 Å². The summed E-state index contributed by atoms with van der Waals surface area (Å²) in [5, 5.41) is 10.7. The molecule has 0 aromatic heterocycles. The summed E-state index contributed by atoms with van der Waals surface area (Å²) >= 11 is 0. The molecule has 0 aliphatic rings. The largest absolute Gasteiger partial charge is 0.472 e. The summed E-state index contributed by atoms with van der Waals surface area (Å²) in [6.07, 6.45) is 66.6. The van der Waals surface area contributed by atoms with Crippen LogP contribution in [-0.4, -0.2) is 96.7 Å². The minimum Gasteiger partial charge on any atom is -0.462 e. The van der Waals surface area contributed by atoms with Crippen molar-refractivity contribution in [2.24, 2.45) is 11.8 Å². The van der Waals surface area contributed by atoms with Crippen LogP contribution in [0.5, 0.6) is 0 Å². The molecule has 0 fully saturated rings. The summed E-state index contributed by atoms with van der Waals surface area (Å²) < 4.78 is 68.8. The highest BCUT2D eigenvalue weighted by atomic mass is 31.2. The first-order chi connectivity index (χ1) is 49.9. The molecule has 3 N–H and O–H groups in total. The Balaban J connectivity index is 5.20. The van der Waals surface area contributed by atoms with Gasteiger partial charge in [-0.15, -0.1) is 0 Å². The number of phosphoric ester groups is 2. The molecule has 0 rings (SSSR count). The summed E-state index contributed by atoms with van der Waals surface area (Å²) in [5.74, 6) is -0.472. The van der Waals surface area contributed by atoms with Crippen LogP contribution in [0.15, 0.2) is 0 Å². The van der Waals surface area contributed by atoms with E-state index in [-0.39, 0.29) is 25.7 Å². The highest BCUT2D eigenvalue weighted by Gasteiger charge is 2.30. The van der Waals surface area contributed by atoms with Crippen molar-refractivity contribution >= 4 is 39.5 Å². The first-order valence-corrected chi connectivity index (χ1v) is 46.5. The normalized spacial score (nSPS) is 13.9. The second-order valence-corrected chi connectivity index (χ2v) is 34.1. The number of ether oxygens (including phenoxy) is 4. The van der Waals surface area contributed by atoms with Gasteiger partial charge in [0.05, 0.1) is 26.4 Å². The highest BCUT2D eigenvalue weighted by molar-refractivity contribution is 7.47. The maximum Gasteiger partial charge on any atom is 0.472 e. The van der Waals surface area contributed by atoms with Gasteiger partial charge in [0.2, 0.25) is 0 Å². The number of esters is 4. The number of phosphoric acid groups is 2. The average Bonchev–Trinajstić information content (AvgIpc) is 0.938. The van der Waals surface area contributed by atoms with Gasteiger partial charge in [-0.2, -0.15) is 0 Å². The van der Waals surface area contributed by atoms with Gasteiger partial charge in [0.1, 0.15) is 19.3 Å². The molecule has 0 aliphatic heterocycles. The van der Waals surface area contributed by atoms with Crippen LogP contribution in [0.2, 0.25) is 0 Å². The van der Waals surface area contributed by atoms with E-state index in [1.807, 2.05) is 0 Å². The van der Waals surface area contributed by atoms with Crippen LogP contribution in [0.3, 0.4) is 0 Å². The summed E-state index contributed by atoms with van der Waals surface area (Å²) in [4.78, 5) is 73.1. The van der Waals surface area contributed by atoms with E-state index in [0.29, 0.717) is 25.7 Å². The Morgan fingerprint density at radius 1 is 0.262 bits per heavy atom. The van der Waals surface area contributed by atoms with Gasteiger partial charge >= 0.3 is 39.5 Å². The lowest BCUT2D eigenvalue weighted by molar-refractivity contribution is -0.161. The average molecular weight is 1510 g/mol. The fraction of sp³-hybridized carbons (Fsp3) is 0.952. The fourth-order valence-electron chi connectivity index (χ4n) is 13.1. The van der Waals surface area contributed by atoms with Crippen molar-refractivity contribution in [2.45, 2.75) is 464 Å². The quantitative estimate of drug-likeness (QED) is 0.0222. The van der Waals surface area contributed by atoms with Gasteiger partial charge in [0.15, 0.2) is 12.2 Å². The summed E-state index contributed by atoms with van der Waals surface area (Å²) in [6.45, 7) is 9.71. The van der Waals surface area contributed by atoms with Crippen LogP contribution >= 0.6 is 15.6 Å². The number of carbonyl (C=O) groups excluding carboxylic acids is 4. The Morgan fingerprint density at radius 3 is 0.660 bits per heavy atom. The second kappa shape index (κ2) is 75.5. The van der Waals surface area contributed by atoms with E-state index >= 15 is 0 Å². The zero-order chi connectivity index (χ0) is 75.6. The number of rotatable bonds is 83. The van der Waals surface area contributed by atoms with Crippen LogP contribution in [0.1, 0.15) is 446 Å². The molecular formula is C84H164O17P2. The van der Waals surface area contributed by atoms with Gasteiger partial charge in [-0.3, -0.25) is 37.3 Å². The Kier molecular flexibility index (Phi) is 74.1. The third-order valence-electron chi connectivity index (χ3n) is 19.7. The van der Waals surface area contributed by atoms with Gasteiger partial charge in [0.25, 0.3) is 0 Å². The summed E-state index contributed by atoms with van der Waals surface area (Å²) in [7, 11) is -9.92. The fourth-order valence-corrected chi connectivity index (χ4v) is 14.6. The summed E-state index contributed by atoms with van der Waals surface area (Å²) in [5.41, 5.74) is 0. The van der Waals surface area contributed by atoms with E-state index in [0.717, 1.165) is 102 Å². The molecule has 0 saturated heterocycles. The van der Waals surface area contributed by atoms with Gasteiger partial charge in [-0.25, -0.2) is 9.13 Å². The number of unbranched alkanes of at least 4 members (excludes halogenated alkanes) is 53. The van der Waals surface area contributed by atoms with E-state index in [2.05, 4.69) is 41.5 Å². The standard InChI is InChI=1S/C84H164O17P2/c1-7-9-11-13-15-17-18-19-32-38-44-50-56-62-68-83(88)100-79(72-94-81(86)66-60-54-48-40-16-14-12-10-8-2)74-98-102(90,91)96-70-78(85)71-97-103(92,93)99-75-80(73-95-82(87)67-61-55-49-43-37-33-28-25-24-27-31-36-42-47-53-59-65-77(5)6)101-84(89)69-63-57-51-45-39-34-29-23-21-20-22-26-30-35-41-46-52-58-64-76(3)4/h76-80,85H,7-75H2,1-6H3,(H,90,91)(H,92,93)/t78-,79+,80+/m0/s1. The maximum absolute atomic E-state index is 13.1. The molecule has 17 nitrogen and oxygen atoms in total. The van der Waals surface area contributed by atoms with Gasteiger partial charge in [-0.1, -0.05) is 395 Å². The molecule has 0 heterocycles. The molecule has 0 radical (unpaired) electrons. The molecule has 0 saturated carbocycles. The molecular weight excluding hydrogens is 1340 g/mol. The van der Waals surface area contributed by atoms with E-state index < -0.39 is 97.5 Å². The molecule has 0 aromatic rings. The monoisotopic (exact) mass is 1510 g/mol. The van der Waals surface area contributed by atoms with E-state index in [1.54, 1.807) is 0 Å².